The number of nitrogens with zero attached hydrogens (tertiary/aromatic N) is 4. The summed E-state index contributed by atoms with van der Waals surface area (Å²) < 4.78 is 4.21. The first-order valence-corrected chi connectivity index (χ1v) is 16.6. The van der Waals surface area contributed by atoms with Crippen LogP contribution in [0.2, 0.25) is 0 Å². The highest BCUT2D eigenvalue weighted by molar-refractivity contribution is 7.79. The Labute approximate surface area is 291 Å². The molecule has 1 unspecified atom stereocenters. The maximum atomic E-state index is 8.48. The predicted molar refractivity (Wildman–Crippen MR) is 204 cm³/mol. The molecule has 7 heteroatoms. The molecule has 6 nitrogen and oxygen atoms in total. The van der Waals surface area contributed by atoms with E-state index >= 15 is 0 Å². The van der Waals surface area contributed by atoms with Gasteiger partial charge in [0.25, 0.3) is 0 Å². The van der Waals surface area contributed by atoms with Gasteiger partial charge in [-0.15, -0.1) is 0 Å². The zero-order chi connectivity index (χ0) is 33.5. The summed E-state index contributed by atoms with van der Waals surface area (Å²) in [6.45, 7) is 4.15. The quantitative estimate of drug-likeness (QED) is 0.128. The molecule has 2 aliphatic rings. The fourth-order valence-corrected chi connectivity index (χ4v) is 6.64. The number of benzene rings is 5. The molecule has 1 aliphatic heterocycles. The maximum Gasteiger partial charge on any atom is 0.164 e. The molecule has 6 aromatic rings. The van der Waals surface area contributed by atoms with Crippen molar-refractivity contribution in [3.05, 3.63) is 161 Å². The van der Waals surface area contributed by atoms with Gasteiger partial charge in [-0.3, -0.25) is 5.41 Å². The Hall–Kier alpha value is -5.92. The lowest BCUT2D eigenvalue weighted by Gasteiger charge is -2.33. The molecular formula is C42H32N6S. The molecule has 0 radical (unpaired) electrons. The van der Waals surface area contributed by atoms with Crippen molar-refractivity contribution < 1.29 is 0 Å². The lowest BCUT2D eigenvalue weighted by atomic mass is 9.80. The number of aromatic nitrogens is 3. The van der Waals surface area contributed by atoms with Gasteiger partial charge in [-0.05, 0) is 67.1 Å². The number of aryl methyl sites for hydroxylation is 2. The number of anilines is 1. The van der Waals surface area contributed by atoms with Crippen LogP contribution < -0.4 is 5.32 Å². The number of thiol groups is 1. The molecule has 0 fully saturated rings. The van der Waals surface area contributed by atoms with E-state index in [1.54, 1.807) is 6.08 Å². The predicted octanol–water partition coefficient (Wildman–Crippen LogP) is 9.95. The molecule has 0 bridgehead atoms. The van der Waals surface area contributed by atoms with E-state index in [9.17, 15) is 0 Å². The van der Waals surface area contributed by atoms with Crippen molar-refractivity contribution in [3.8, 4) is 45.3 Å². The molecule has 49 heavy (non-hydrogen) atoms. The number of fused-ring (bicyclic) bond motifs is 2. The first-order chi connectivity index (χ1) is 23.9. The van der Waals surface area contributed by atoms with E-state index in [1.807, 2.05) is 18.2 Å². The second-order valence-corrected chi connectivity index (χ2v) is 12.6. The van der Waals surface area contributed by atoms with Gasteiger partial charge in [0.05, 0.1) is 11.8 Å². The molecule has 0 saturated carbocycles. The number of rotatable bonds is 5. The Morgan fingerprint density at radius 1 is 0.612 bits per heavy atom. The fourth-order valence-electron chi connectivity index (χ4n) is 6.43. The third-order valence-corrected chi connectivity index (χ3v) is 9.27. The maximum absolute atomic E-state index is 8.48. The Balaban J connectivity index is 1.16. The van der Waals surface area contributed by atoms with Crippen molar-refractivity contribution in [1.82, 2.24) is 15.0 Å². The molecule has 1 atom stereocenters. The zero-order valence-corrected chi connectivity index (χ0v) is 27.9. The molecule has 0 amide bonds. The van der Waals surface area contributed by atoms with E-state index in [4.69, 9.17) is 20.4 Å². The fraction of sp³-hybridized carbons (Fsp3) is 0.0714. The summed E-state index contributed by atoms with van der Waals surface area (Å²) in [4.78, 5) is 14.8. The molecule has 236 valence electrons. The van der Waals surface area contributed by atoms with Gasteiger partial charge in [0, 0.05) is 33.5 Å². The number of hydrogen-bond acceptors (Lipinski definition) is 7. The van der Waals surface area contributed by atoms with E-state index in [0.717, 1.165) is 55.8 Å². The van der Waals surface area contributed by atoms with Crippen LogP contribution in [-0.2, 0) is 0 Å². The number of hydrogen-bond donors (Lipinski definition) is 3. The second-order valence-electron chi connectivity index (χ2n) is 12.4. The molecule has 1 aliphatic carbocycles. The average Bonchev–Trinajstić information content (AvgIpc) is 3.15. The Morgan fingerprint density at radius 3 is 1.82 bits per heavy atom. The van der Waals surface area contributed by atoms with E-state index in [2.05, 4.69) is 146 Å². The van der Waals surface area contributed by atoms with Crippen molar-refractivity contribution in [2.45, 2.75) is 19.9 Å². The Morgan fingerprint density at radius 2 is 1.18 bits per heavy atom. The zero-order valence-electron chi connectivity index (χ0n) is 27.0. The molecule has 0 spiro atoms. The SMILES string of the molecule is Cc1ccc(-c2nc(-c3ccc(C)cc3)nc(-c3cccc(-c4ccc(C5Nc6ccccc6C6=C5C=CC(=N)/C6=N\S)cc4)c3)n2)cc1. The van der Waals surface area contributed by atoms with Gasteiger partial charge < -0.3 is 5.32 Å². The van der Waals surface area contributed by atoms with Crippen LogP contribution in [0.5, 0.6) is 0 Å². The van der Waals surface area contributed by atoms with Crippen LogP contribution in [0.3, 0.4) is 0 Å². The third-order valence-electron chi connectivity index (χ3n) is 9.07. The summed E-state index contributed by atoms with van der Waals surface area (Å²) in [7, 11) is 0. The average molecular weight is 653 g/mol. The summed E-state index contributed by atoms with van der Waals surface area (Å²) in [5, 5.41) is 12.2. The van der Waals surface area contributed by atoms with Crippen molar-refractivity contribution in [2.24, 2.45) is 4.40 Å². The van der Waals surface area contributed by atoms with E-state index in [1.165, 1.54) is 11.1 Å². The highest BCUT2D eigenvalue weighted by atomic mass is 32.1. The van der Waals surface area contributed by atoms with Gasteiger partial charge in [0.1, 0.15) is 5.71 Å². The third kappa shape index (κ3) is 5.79. The minimum atomic E-state index is -0.106. The van der Waals surface area contributed by atoms with E-state index in [-0.39, 0.29) is 6.04 Å². The van der Waals surface area contributed by atoms with Crippen molar-refractivity contribution in [2.75, 3.05) is 5.32 Å². The normalized spacial score (nSPS) is 15.9. The van der Waals surface area contributed by atoms with Gasteiger partial charge in [0.2, 0.25) is 0 Å². The van der Waals surface area contributed by atoms with Gasteiger partial charge >= 0.3 is 0 Å². The van der Waals surface area contributed by atoms with Crippen molar-refractivity contribution >= 4 is 35.5 Å². The van der Waals surface area contributed by atoms with Gasteiger partial charge in [0.15, 0.2) is 17.5 Å². The van der Waals surface area contributed by atoms with E-state index < -0.39 is 0 Å². The van der Waals surface area contributed by atoms with Crippen LogP contribution in [0, 0.1) is 19.3 Å². The summed E-state index contributed by atoms with van der Waals surface area (Å²) >= 11 is 4.24. The van der Waals surface area contributed by atoms with Crippen molar-refractivity contribution in [3.63, 3.8) is 0 Å². The van der Waals surface area contributed by atoms with Gasteiger partial charge in [-0.2, -0.15) is 0 Å². The molecule has 5 aromatic carbocycles. The van der Waals surface area contributed by atoms with Crippen LogP contribution in [0.25, 0.3) is 50.9 Å². The summed E-state index contributed by atoms with van der Waals surface area (Å²) in [6, 6.07) is 41.6. The van der Waals surface area contributed by atoms with Crippen LogP contribution in [-0.4, -0.2) is 26.4 Å². The number of nitrogens with one attached hydrogen (secondary N) is 2. The number of para-hydroxylation sites is 1. The summed E-state index contributed by atoms with van der Waals surface area (Å²) in [6.07, 6.45) is 3.82. The first-order valence-electron chi connectivity index (χ1n) is 16.2. The topological polar surface area (TPSA) is 86.9 Å². The molecule has 2 N–H and O–H groups in total. The molecular weight excluding hydrogens is 621 g/mol. The van der Waals surface area contributed by atoms with Crippen molar-refractivity contribution in [1.29, 1.82) is 5.41 Å². The standard InChI is InChI=1S/C42H32N6S/c1-25-10-14-29(15-11-25)40-45-41(30-16-12-26(2)13-17-30)47-42(46-40)32-7-5-6-31(24-32)27-18-20-28(21-19-27)38-34-22-23-35(43)39(48-49)37(34)33-8-3-4-9-36(33)44-38/h3-24,38,43-44,49H,1-2H3/b43-35?,48-39+. The molecule has 0 saturated heterocycles. The van der Waals surface area contributed by atoms with Crippen LogP contribution in [0.15, 0.2) is 143 Å². The molecule has 2 heterocycles. The monoisotopic (exact) mass is 652 g/mol. The largest absolute Gasteiger partial charge is 0.374 e. The Bertz CT molecular complexity index is 2270. The van der Waals surface area contributed by atoms with Crippen LogP contribution >= 0.6 is 12.8 Å². The summed E-state index contributed by atoms with van der Waals surface area (Å²) in [5.41, 5.74) is 13.4. The number of allylic oxidation sites excluding steroid dienone is 2. The first kappa shape index (κ1) is 30.4. The van der Waals surface area contributed by atoms with Gasteiger partial charge in [-0.1, -0.05) is 126 Å². The molecule has 8 rings (SSSR count). The lowest BCUT2D eigenvalue weighted by molar-refractivity contribution is 0.930. The van der Waals surface area contributed by atoms with Crippen LogP contribution in [0.1, 0.15) is 28.3 Å². The second kappa shape index (κ2) is 12.6. The van der Waals surface area contributed by atoms with E-state index in [0.29, 0.717) is 28.9 Å². The molecule has 1 aromatic heterocycles. The lowest BCUT2D eigenvalue weighted by Crippen LogP contribution is -2.27. The summed E-state index contributed by atoms with van der Waals surface area (Å²) in [5.74, 6) is 1.91. The minimum Gasteiger partial charge on any atom is -0.374 e. The highest BCUT2D eigenvalue weighted by Gasteiger charge is 2.32. The van der Waals surface area contributed by atoms with Gasteiger partial charge in [-0.25, -0.2) is 19.3 Å². The highest BCUT2D eigenvalue weighted by Crippen LogP contribution is 2.43. The van der Waals surface area contributed by atoms with Crippen LogP contribution in [0.4, 0.5) is 5.69 Å². The Kier molecular flexibility index (Phi) is 7.82. The minimum absolute atomic E-state index is 0.106. The smallest absolute Gasteiger partial charge is 0.164 e.